The van der Waals surface area contributed by atoms with Gasteiger partial charge in [-0.15, -0.1) is 0 Å². The molecule has 1 fully saturated rings. The van der Waals surface area contributed by atoms with Gasteiger partial charge in [0.2, 0.25) is 0 Å². The fourth-order valence-electron chi connectivity index (χ4n) is 1.76. The third-order valence-electron chi connectivity index (χ3n) is 3.29. The molecule has 0 spiro atoms. The second kappa shape index (κ2) is 5.44. The zero-order chi connectivity index (χ0) is 14.8. The Labute approximate surface area is 116 Å². The Morgan fingerprint density at radius 3 is 2.80 bits per heavy atom. The van der Waals surface area contributed by atoms with Gasteiger partial charge in [0.1, 0.15) is 12.0 Å². The van der Waals surface area contributed by atoms with Crippen LogP contribution >= 0.6 is 0 Å². The standard InChI is InChI=1S/C13H18N4O3/c1-3-6-14-11-10(7-9(8-15-11)17(19)20)12(18)16-13(2)4-5-13/h7-8H,3-6H2,1-2H3,(H,14,15)(H,16,18). The molecule has 0 aromatic carbocycles. The minimum atomic E-state index is -0.549. The maximum atomic E-state index is 12.2. The van der Waals surface area contributed by atoms with E-state index in [-0.39, 0.29) is 22.7 Å². The highest BCUT2D eigenvalue weighted by molar-refractivity contribution is 5.99. The van der Waals surface area contributed by atoms with Crippen LogP contribution in [0.5, 0.6) is 0 Å². The molecular weight excluding hydrogens is 260 g/mol. The van der Waals surface area contributed by atoms with E-state index in [1.807, 2.05) is 13.8 Å². The van der Waals surface area contributed by atoms with E-state index in [1.54, 1.807) is 0 Å². The van der Waals surface area contributed by atoms with Gasteiger partial charge in [0.25, 0.3) is 11.6 Å². The van der Waals surface area contributed by atoms with Crippen molar-refractivity contribution in [2.75, 3.05) is 11.9 Å². The van der Waals surface area contributed by atoms with Crippen molar-refractivity contribution in [2.24, 2.45) is 0 Å². The van der Waals surface area contributed by atoms with Crippen molar-refractivity contribution in [3.63, 3.8) is 0 Å². The third-order valence-corrected chi connectivity index (χ3v) is 3.29. The van der Waals surface area contributed by atoms with E-state index < -0.39 is 4.92 Å². The molecule has 1 aliphatic rings. The molecule has 0 bridgehead atoms. The number of pyridine rings is 1. The Balaban J connectivity index is 2.27. The highest BCUT2D eigenvalue weighted by atomic mass is 16.6. The molecule has 20 heavy (non-hydrogen) atoms. The second-order valence-corrected chi connectivity index (χ2v) is 5.29. The van der Waals surface area contributed by atoms with E-state index in [4.69, 9.17) is 0 Å². The Morgan fingerprint density at radius 2 is 2.25 bits per heavy atom. The van der Waals surface area contributed by atoms with Crippen LogP contribution in [0.4, 0.5) is 11.5 Å². The lowest BCUT2D eigenvalue weighted by Gasteiger charge is -2.14. The summed E-state index contributed by atoms with van der Waals surface area (Å²) in [7, 11) is 0. The van der Waals surface area contributed by atoms with Gasteiger partial charge in [-0.2, -0.15) is 0 Å². The average molecular weight is 278 g/mol. The number of hydrogen-bond acceptors (Lipinski definition) is 5. The summed E-state index contributed by atoms with van der Waals surface area (Å²) in [6.07, 6.45) is 3.89. The van der Waals surface area contributed by atoms with E-state index in [1.165, 1.54) is 6.07 Å². The molecule has 0 saturated heterocycles. The average Bonchev–Trinajstić information content (AvgIpc) is 3.13. The van der Waals surface area contributed by atoms with E-state index >= 15 is 0 Å². The molecular formula is C13H18N4O3. The van der Waals surface area contributed by atoms with Crippen molar-refractivity contribution >= 4 is 17.4 Å². The summed E-state index contributed by atoms with van der Waals surface area (Å²) < 4.78 is 0. The zero-order valence-corrected chi connectivity index (χ0v) is 11.6. The van der Waals surface area contributed by atoms with Crippen LogP contribution < -0.4 is 10.6 Å². The van der Waals surface area contributed by atoms with Gasteiger partial charge in [0.15, 0.2) is 0 Å². The van der Waals surface area contributed by atoms with Crippen molar-refractivity contribution in [2.45, 2.75) is 38.6 Å². The molecule has 1 saturated carbocycles. The first-order valence-electron chi connectivity index (χ1n) is 6.66. The minimum absolute atomic E-state index is 0.177. The molecule has 7 nitrogen and oxygen atoms in total. The van der Waals surface area contributed by atoms with Crippen molar-refractivity contribution in [3.8, 4) is 0 Å². The van der Waals surface area contributed by atoms with Crippen molar-refractivity contribution in [1.29, 1.82) is 0 Å². The van der Waals surface area contributed by atoms with Crippen LogP contribution in [0.3, 0.4) is 0 Å². The number of nitrogens with zero attached hydrogens (tertiary/aromatic N) is 2. The summed E-state index contributed by atoms with van der Waals surface area (Å²) in [5.41, 5.74) is -0.136. The van der Waals surface area contributed by atoms with Crippen LogP contribution in [0, 0.1) is 10.1 Å². The van der Waals surface area contributed by atoms with E-state index in [2.05, 4.69) is 15.6 Å². The highest BCUT2D eigenvalue weighted by Crippen LogP contribution is 2.35. The number of carbonyl (C=O) groups is 1. The number of amides is 1. The second-order valence-electron chi connectivity index (χ2n) is 5.29. The Morgan fingerprint density at radius 1 is 1.55 bits per heavy atom. The smallest absolute Gasteiger partial charge is 0.288 e. The molecule has 2 rings (SSSR count). The molecule has 7 heteroatoms. The first-order valence-corrected chi connectivity index (χ1v) is 6.66. The first-order chi connectivity index (χ1) is 9.45. The van der Waals surface area contributed by atoms with Gasteiger partial charge in [-0.3, -0.25) is 14.9 Å². The first kappa shape index (κ1) is 14.2. The number of aromatic nitrogens is 1. The number of nitrogens with one attached hydrogen (secondary N) is 2. The summed E-state index contributed by atoms with van der Waals surface area (Å²) in [5, 5.41) is 16.7. The molecule has 0 unspecified atom stereocenters. The monoisotopic (exact) mass is 278 g/mol. The largest absolute Gasteiger partial charge is 0.369 e. The molecule has 0 atom stereocenters. The van der Waals surface area contributed by atoms with Crippen LogP contribution in [0.25, 0.3) is 0 Å². The van der Waals surface area contributed by atoms with Gasteiger partial charge < -0.3 is 10.6 Å². The lowest BCUT2D eigenvalue weighted by molar-refractivity contribution is -0.385. The summed E-state index contributed by atoms with van der Waals surface area (Å²) in [4.78, 5) is 26.5. The van der Waals surface area contributed by atoms with Crippen LogP contribution in [-0.2, 0) is 0 Å². The Hall–Kier alpha value is -2.18. The maximum Gasteiger partial charge on any atom is 0.288 e. The van der Waals surface area contributed by atoms with Crippen molar-refractivity contribution < 1.29 is 9.72 Å². The number of rotatable bonds is 6. The molecule has 1 aliphatic carbocycles. The molecule has 1 aromatic rings. The van der Waals surface area contributed by atoms with Gasteiger partial charge in [-0.25, -0.2) is 4.98 Å². The zero-order valence-electron chi connectivity index (χ0n) is 11.6. The van der Waals surface area contributed by atoms with Gasteiger partial charge in [-0.1, -0.05) is 6.92 Å². The number of anilines is 1. The van der Waals surface area contributed by atoms with Crippen LogP contribution in [0.2, 0.25) is 0 Å². The Kier molecular flexibility index (Phi) is 3.87. The molecule has 108 valence electrons. The lowest BCUT2D eigenvalue weighted by Crippen LogP contribution is -2.34. The SMILES string of the molecule is CCCNc1ncc([N+](=O)[O-])cc1C(=O)NC1(C)CC1. The van der Waals surface area contributed by atoms with Gasteiger partial charge in [0.05, 0.1) is 10.5 Å². The van der Waals surface area contributed by atoms with Gasteiger partial charge in [-0.05, 0) is 26.2 Å². The van der Waals surface area contributed by atoms with Crippen LogP contribution in [0.15, 0.2) is 12.3 Å². The Bertz CT molecular complexity index is 540. The van der Waals surface area contributed by atoms with Gasteiger partial charge >= 0.3 is 0 Å². The normalized spacial score (nSPS) is 15.5. The predicted molar refractivity (Wildman–Crippen MR) is 74.8 cm³/mol. The molecule has 1 aromatic heterocycles. The van der Waals surface area contributed by atoms with Crippen LogP contribution in [-0.4, -0.2) is 27.9 Å². The molecule has 1 heterocycles. The molecule has 0 radical (unpaired) electrons. The maximum absolute atomic E-state index is 12.2. The highest BCUT2D eigenvalue weighted by Gasteiger charge is 2.39. The topological polar surface area (TPSA) is 97.2 Å². The molecule has 0 aliphatic heterocycles. The summed E-state index contributed by atoms with van der Waals surface area (Å²) >= 11 is 0. The van der Waals surface area contributed by atoms with Crippen molar-refractivity contribution in [3.05, 3.63) is 27.9 Å². The summed E-state index contributed by atoms with van der Waals surface area (Å²) in [5.74, 6) is 0.0685. The summed E-state index contributed by atoms with van der Waals surface area (Å²) in [6.45, 7) is 4.60. The predicted octanol–water partition coefficient (Wildman–Crippen LogP) is 2.09. The third kappa shape index (κ3) is 3.23. The number of hydrogen-bond donors (Lipinski definition) is 2. The minimum Gasteiger partial charge on any atom is -0.369 e. The molecule has 2 N–H and O–H groups in total. The lowest BCUT2D eigenvalue weighted by atomic mass is 10.2. The van der Waals surface area contributed by atoms with E-state index in [0.717, 1.165) is 25.5 Å². The quantitative estimate of drug-likeness (QED) is 0.613. The van der Waals surface area contributed by atoms with E-state index in [0.29, 0.717) is 12.4 Å². The summed E-state index contributed by atoms with van der Waals surface area (Å²) in [6, 6.07) is 1.27. The van der Waals surface area contributed by atoms with Crippen molar-refractivity contribution in [1.82, 2.24) is 10.3 Å². The fraction of sp³-hybridized carbons (Fsp3) is 0.538. The van der Waals surface area contributed by atoms with Crippen LogP contribution in [0.1, 0.15) is 43.5 Å². The fourth-order valence-corrected chi connectivity index (χ4v) is 1.76. The number of carbonyl (C=O) groups excluding carboxylic acids is 1. The van der Waals surface area contributed by atoms with E-state index in [9.17, 15) is 14.9 Å². The number of nitro groups is 1. The van der Waals surface area contributed by atoms with Gasteiger partial charge in [0, 0.05) is 18.2 Å². The molecule has 1 amide bonds.